The first-order valence-corrected chi connectivity index (χ1v) is 10.8. The first-order chi connectivity index (χ1) is 15.2. The molecule has 6 rings (SSSR count). The van der Waals surface area contributed by atoms with Crippen molar-refractivity contribution >= 4 is 33.6 Å². The summed E-state index contributed by atoms with van der Waals surface area (Å²) in [4.78, 5) is 17.3. The molecular weight excluding hydrogens is 388 g/mol. The van der Waals surface area contributed by atoms with Crippen LogP contribution in [0, 0.1) is 11.8 Å². The number of likely N-dealkylation sites (tertiary alicyclic amines) is 2. The summed E-state index contributed by atoms with van der Waals surface area (Å²) in [6.07, 6.45) is 0. The van der Waals surface area contributed by atoms with E-state index < -0.39 is 0 Å². The van der Waals surface area contributed by atoms with E-state index in [1.807, 2.05) is 29.2 Å². The molecule has 0 unspecified atom stereocenters. The van der Waals surface area contributed by atoms with Crippen LogP contribution >= 0.6 is 0 Å². The highest BCUT2D eigenvalue weighted by Gasteiger charge is 2.41. The molecule has 2 atom stereocenters. The van der Waals surface area contributed by atoms with Crippen LogP contribution in [0.25, 0.3) is 21.7 Å². The summed E-state index contributed by atoms with van der Waals surface area (Å²) in [5, 5.41) is 10.4. The molecule has 1 aromatic heterocycles. The summed E-state index contributed by atoms with van der Waals surface area (Å²) in [5.74, 6) is 1.55. The monoisotopic (exact) mass is 412 g/mol. The molecule has 2 saturated heterocycles. The normalized spacial score (nSPS) is 21.1. The van der Waals surface area contributed by atoms with Crippen LogP contribution in [0.3, 0.4) is 0 Å². The van der Waals surface area contributed by atoms with Gasteiger partial charge in [-0.05, 0) is 46.4 Å². The van der Waals surface area contributed by atoms with Crippen molar-refractivity contribution in [3.8, 4) is 0 Å². The molecule has 1 N–H and O–H groups in total. The number of carbonyl (C=O) groups excluding carboxylic acids is 1. The molecule has 0 radical (unpaired) electrons. The SMILES string of the molecule is O=C(Nc1noc2ccccc12)N1C[C@H]2CN(Cc3ccc4ccccc4c3)C[C@H]2C1. The van der Waals surface area contributed by atoms with Gasteiger partial charge in [-0.1, -0.05) is 53.7 Å². The molecule has 3 aromatic carbocycles. The first-order valence-electron chi connectivity index (χ1n) is 10.8. The lowest BCUT2D eigenvalue weighted by Gasteiger charge is -2.21. The molecular formula is C25H24N4O2. The van der Waals surface area contributed by atoms with Crippen molar-refractivity contribution < 1.29 is 9.32 Å². The van der Waals surface area contributed by atoms with E-state index in [0.29, 0.717) is 23.2 Å². The minimum atomic E-state index is -0.0884. The van der Waals surface area contributed by atoms with E-state index in [9.17, 15) is 4.79 Å². The second-order valence-electron chi connectivity index (χ2n) is 8.76. The molecule has 2 aliphatic heterocycles. The number of aromatic nitrogens is 1. The lowest BCUT2D eigenvalue weighted by atomic mass is 10.0. The topological polar surface area (TPSA) is 61.6 Å². The molecule has 0 bridgehead atoms. The molecule has 0 saturated carbocycles. The van der Waals surface area contributed by atoms with Gasteiger partial charge in [0.2, 0.25) is 0 Å². The third-order valence-electron chi connectivity index (χ3n) is 6.67. The summed E-state index contributed by atoms with van der Waals surface area (Å²) in [5.41, 5.74) is 2.03. The van der Waals surface area contributed by atoms with Crippen LogP contribution < -0.4 is 5.32 Å². The summed E-state index contributed by atoms with van der Waals surface area (Å²) in [6.45, 7) is 4.62. The molecule has 3 heterocycles. The number of rotatable bonds is 3. The highest BCUT2D eigenvalue weighted by Crippen LogP contribution is 2.33. The van der Waals surface area contributed by atoms with Gasteiger partial charge < -0.3 is 9.42 Å². The number of hydrogen-bond acceptors (Lipinski definition) is 4. The number of carbonyl (C=O) groups is 1. The second-order valence-corrected chi connectivity index (χ2v) is 8.76. The summed E-state index contributed by atoms with van der Waals surface area (Å²) in [6, 6.07) is 22.7. The number of amides is 2. The fourth-order valence-electron chi connectivity index (χ4n) is 5.14. The van der Waals surface area contributed by atoms with Gasteiger partial charge >= 0.3 is 6.03 Å². The molecule has 2 amide bonds. The standard InChI is InChI=1S/C25H24N4O2/c30-25(26-24-22-7-3-4-8-23(22)31-27-24)29-15-20-13-28(14-21(20)16-29)12-17-9-10-18-5-1-2-6-19(18)11-17/h1-11,20-21H,12-16H2,(H,26,27,30)/t20-,21+. The Morgan fingerprint density at radius 1 is 0.935 bits per heavy atom. The van der Waals surface area contributed by atoms with Crippen molar-refractivity contribution in [2.75, 3.05) is 31.5 Å². The van der Waals surface area contributed by atoms with Gasteiger partial charge in [0.15, 0.2) is 11.4 Å². The predicted octanol–water partition coefficient (Wildman–Crippen LogP) is 4.58. The molecule has 0 aliphatic carbocycles. The van der Waals surface area contributed by atoms with Gasteiger partial charge in [-0.3, -0.25) is 10.2 Å². The van der Waals surface area contributed by atoms with Gasteiger partial charge in [0.25, 0.3) is 0 Å². The molecule has 6 nitrogen and oxygen atoms in total. The van der Waals surface area contributed by atoms with Crippen LogP contribution in [0.2, 0.25) is 0 Å². The number of urea groups is 1. The van der Waals surface area contributed by atoms with E-state index >= 15 is 0 Å². The Morgan fingerprint density at radius 2 is 1.68 bits per heavy atom. The van der Waals surface area contributed by atoms with Crippen LogP contribution in [-0.4, -0.2) is 47.2 Å². The van der Waals surface area contributed by atoms with Crippen LogP contribution in [-0.2, 0) is 6.54 Å². The summed E-state index contributed by atoms with van der Waals surface area (Å²) in [7, 11) is 0. The maximum absolute atomic E-state index is 12.8. The average molecular weight is 412 g/mol. The minimum absolute atomic E-state index is 0.0884. The molecule has 4 aromatic rings. The number of para-hydroxylation sites is 1. The van der Waals surface area contributed by atoms with E-state index in [1.54, 1.807) is 0 Å². The fourth-order valence-corrected chi connectivity index (χ4v) is 5.14. The van der Waals surface area contributed by atoms with E-state index in [4.69, 9.17) is 4.52 Å². The smallest absolute Gasteiger partial charge is 0.323 e. The van der Waals surface area contributed by atoms with E-state index in [1.165, 1.54) is 16.3 Å². The van der Waals surface area contributed by atoms with Gasteiger partial charge in [0, 0.05) is 32.7 Å². The Hall–Kier alpha value is -3.38. The number of hydrogen-bond donors (Lipinski definition) is 1. The number of nitrogens with one attached hydrogen (secondary N) is 1. The highest BCUT2D eigenvalue weighted by atomic mass is 16.5. The maximum atomic E-state index is 12.8. The van der Waals surface area contributed by atoms with E-state index in [0.717, 1.165) is 38.1 Å². The zero-order valence-corrected chi connectivity index (χ0v) is 17.2. The van der Waals surface area contributed by atoms with Gasteiger partial charge in [-0.25, -0.2) is 4.79 Å². The van der Waals surface area contributed by atoms with Crippen molar-refractivity contribution in [1.29, 1.82) is 0 Å². The first kappa shape index (κ1) is 18.4. The third kappa shape index (κ3) is 3.43. The Morgan fingerprint density at radius 3 is 2.52 bits per heavy atom. The van der Waals surface area contributed by atoms with E-state index in [2.05, 4.69) is 57.8 Å². The maximum Gasteiger partial charge on any atom is 0.323 e. The van der Waals surface area contributed by atoms with Crippen LogP contribution in [0.15, 0.2) is 71.3 Å². The third-order valence-corrected chi connectivity index (χ3v) is 6.67. The van der Waals surface area contributed by atoms with Crippen molar-refractivity contribution in [2.24, 2.45) is 11.8 Å². The summed E-state index contributed by atoms with van der Waals surface area (Å²) < 4.78 is 5.29. The quantitative estimate of drug-likeness (QED) is 0.535. The number of benzene rings is 3. The van der Waals surface area contributed by atoms with Crippen molar-refractivity contribution in [3.05, 3.63) is 72.3 Å². The number of fused-ring (bicyclic) bond motifs is 3. The molecule has 31 heavy (non-hydrogen) atoms. The van der Waals surface area contributed by atoms with Crippen molar-refractivity contribution in [1.82, 2.24) is 15.0 Å². The van der Waals surface area contributed by atoms with Crippen molar-refractivity contribution in [3.63, 3.8) is 0 Å². The summed E-state index contributed by atoms with van der Waals surface area (Å²) >= 11 is 0. The molecule has 156 valence electrons. The fraction of sp³-hybridized carbons (Fsp3) is 0.280. The van der Waals surface area contributed by atoms with Crippen LogP contribution in [0.1, 0.15) is 5.56 Å². The second kappa shape index (κ2) is 7.39. The van der Waals surface area contributed by atoms with E-state index in [-0.39, 0.29) is 6.03 Å². The van der Waals surface area contributed by atoms with Gasteiger partial charge in [-0.2, -0.15) is 0 Å². The zero-order valence-electron chi connectivity index (χ0n) is 17.2. The number of anilines is 1. The van der Waals surface area contributed by atoms with Crippen LogP contribution in [0.4, 0.5) is 10.6 Å². The lowest BCUT2D eigenvalue weighted by molar-refractivity contribution is 0.211. The molecule has 2 fully saturated rings. The lowest BCUT2D eigenvalue weighted by Crippen LogP contribution is -2.36. The minimum Gasteiger partial charge on any atom is -0.354 e. The van der Waals surface area contributed by atoms with Gasteiger partial charge in [0.1, 0.15) is 0 Å². The average Bonchev–Trinajstić information content (AvgIpc) is 3.47. The molecule has 0 spiro atoms. The van der Waals surface area contributed by atoms with Crippen LogP contribution in [0.5, 0.6) is 0 Å². The highest BCUT2D eigenvalue weighted by molar-refractivity contribution is 5.98. The van der Waals surface area contributed by atoms with Crippen molar-refractivity contribution in [2.45, 2.75) is 6.54 Å². The van der Waals surface area contributed by atoms with Gasteiger partial charge in [-0.15, -0.1) is 0 Å². The Kier molecular flexibility index (Phi) is 4.39. The molecule has 6 heteroatoms. The number of nitrogens with zero attached hydrogens (tertiary/aromatic N) is 3. The Bertz CT molecular complexity index is 1250. The Labute approximate surface area is 180 Å². The zero-order chi connectivity index (χ0) is 20.8. The Balaban J connectivity index is 1.08. The molecule has 2 aliphatic rings. The largest absolute Gasteiger partial charge is 0.354 e. The van der Waals surface area contributed by atoms with Gasteiger partial charge in [0.05, 0.1) is 5.39 Å². The predicted molar refractivity (Wildman–Crippen MR) is 121 cm³/mol.